The van der Waals surface area contributed by atoms with Crippen molar-refractivity contribution in [2.75, 3.05) is 0 Å². The van der Waals surface area contributed by atoms with Crippen molar-refractivity contribution in [3.63, 3.8) is 0 Å². The molecule has 1 N–H and O–H groups in total. The molecule has 0 atom stereocenters. The number of carboxylic acid groups (broad SMARTS) is 1. The summed E-state index contributed by atoms with van der Waals surface area (Å²) in [6.45, 7) is 2.53. The van der Waals surface area contributed by atoms with Gasteiger partial charge in [0.05, 0.1) is 5.52 Å². The van der Waals surface area contributed by atoms with Crippen LogP contribution in [0.2, 0.25) is 0 Å². The van der Waals surface area contributed by atoms with Gasteiger partial charge in [0, 0.05) is 31.0 Å². The van der Waals surface area contributed by atoms with Crippen LogP contribution in [-0.2, 0) is 14.3 Å². The summed E-state index contributed by atoms with van der Waals surface area (Å²) in [6.07, 6.45) is 2.74. The summed E-state index contributed by atoms with van der Waals surface area (Å²) in [5.41, 5.74) is 1.14. The molecule has 108 valence electrons. The molecular weight excluding hydrogens is 274 g/mol. The summed E-state index contributed by atoms with van der Waals surface area (Å²) in [5.74, 6) is -2.77. The minimum Gasteiger partial charge on any atom is -0.475 e. The molecule has 0 aliphatic carbocycles. The fourth-order valence-corrected chi connectivity index (χ4v) is 2.01. The fourth-order valence-electron chi connectivity index (χ4n) is 2.01. The Hall–Kier alpha value is -2.89. The maximum absolute atomic E-state index is 11.6. The first-order valence-corrected chi connectivity index (χ1v) is 6.14. The Morgan fingerprint density at radius 1 is 1.19 bits per heavy atom. The number of rotatable bonds is 3. The number of carbonyl (C=O) groups is 3. The third kappa shape index (κ3) is 3.00. The first kappa shape index (κ1) is 14.5. The Labute approximate surface area is 120 Å². The van der Waals surface area contributed by atoms with Gasteiger partial charge >= 0.3 is 11.9 Å². The lowest BCUT2D eigenvalue weighted by molar-refractivity contribution is -0.146. The molecule has 0 radical (unpaired) electrons. The number of nitrogens with zero attached hydrogens (tertiary/aromatic N) is 1. The second-order valence-electron chi connectivity index (χ2n) is 4.40. The first-order valence-electron chi connectivity index (χ1n) is 6.14. The van der Waals surface area contributed by atoms with Crippen molar-refractivity contribution in [2.45, 2.75) is 13.8 Å². The van der Waals surface area contributed by atoms with E-state index in [1.807, 2.05) is 0 Å². The molecule has 0 saturated heterocycles. The Bertz CT molecular complexity index is 769. The molecule has 2 rings (SSSR count). The quantitative estimate of drug-likeness (QED) is 0.532. The van der Waals surface area contributed by atoms with E-state index in [0.717, 1.165) is 6.92 Å². The smallest absolute Gasteiger partial charge is 0.371 e. The molecule has 0 amide bonds. The topological polar surface area (TPSA) is 85.6 Å². The van der Waals surface area contributed by atoms with Crippen molar-refractivity contribution in [1.29, 1.82) is 0 Å². The Balaban J connectivity index is 2.63. The Morgan fingerprint density at radius 2 is 1.86 bits per heavy atom. The van der Waals surface area contributed by atoms with E-state index in [2.05, 4.69) is 4.74 Å². The molecule has 21 heavy (non-hydrogen) atoms. The number of aliphatic carboxylic acids is 1. The van der Waals surface area contributed by atoms with Gasteiger partial charge in [0.2, 0.25) is 11.7 Å². The van der Waals surface area contributed by atoms with Crippen molar-refractivity contribution in [3.8, 4) is 0 Å². The lowest BCUT2D eigenvalue weighted by Crippen LogP contribution is -2.08. The molecule has 0 spiro atoms. The van der Waals surface area contributed by atoms with Gasteiger partial charge in [-0.15, -0.1) is 0 Å². The molecule has 0 fully saturated rings. The van der Waals surface area contributed by atoms with Crippen LogP contribution in [0, 0.1) is 0 Å². The van der Waals surface area contributed by atoms with Crippen LogP contribution in [0.15, 0.2) is 36.2 Å². The van der Waals surface area contributed by atoms with Crippen LogP contribution in [0.4, 0.5) is 0 Å². The Kier molecular flexibility index (Phi) is 3.89. The highest BCUT2D eigenvalue weighted by Gasteiger charge is 2.15. The van der Waals surface area contributed by atoms with Crippen molar-refractivity contribution < 1.29 is 24.2 Å². The van der Waals surface area contributed by atoms with E-state index in [9.17, 15) is 14.4 Å². The standard InChI is InChI=1S/C15H13NO5/c1-9(17)16-8-11(12-5-3-4-6-13(12)16)7-14(15(19)20)21-10(2)18/h3-8H,1-2H3,(H,19,20)/b14-7-. The molecule has 6 heteroatoms. The predicted molar refractivity (Wildman–Crippen MR) is 75.6 cm³/mol. The van der Waals surface area contributed by atoms with Gasteiger partial charge in [0.1, 0.15) is 0 Å². The maximum Gasteiger partial charge on any atom is 0.371 e. The van der Waals surface area contributed by atoms with Gasteiger partial charge in [0.15, 0.2) is 0 Å². The zero-order valence-electron chi connectivity index (χ0n) is 11.5. The highest BCUT2D eigenvalue weighted by atomic mass is 16.6. The van der Waals surface area contributed by atoms with Crippen LogP contribution in [0.3, 0.4) is 0 Å². The fraction of sp³-hybridized carbons (Fsp3) is 0.133. The molecule has 1 aromatic heterocycles. The van der Waals surface area contributed by atoms with Gasteiger partial charge in [0.25, 0.3) is 0 Å². The molecule has 0 unspecified atom stereocenters. The minimum atomic E-state index is -1.36. The molecule has 0 aliphatic rings. The van der Waals surface area contributed by atoms with Crippen LogP contribution in [0.5, 0.6) is 0 Å². The lowest BCUT2D eigenvalue weighted by Gasteiger charge is -2.01. The molecule has 0 bridgehead atoms. The monoisotopic (exact) mass is 287 g/mol. The van der Waals surface area contributed by atoms with Crippen molar-refractivity contribution in [1.82, 2.24) is 4.57 Å². The van der Waals surface area contributed by atoms with Crippen LogP contribution >= 0.6 is 0 Å². The van der Waals surface area contributed by atoms with E-state index in [-0.39, 0.29) is 5.91 Å². The number of hydrogen-bond donors (Lipinski definition) is 1. The minimum absolute atomic E-state index is 0.199. The van der Waals surface area contributed by atoms with E-state index in [0.29, 0.717) is 16.5 Å². The van der Waals surface area contributed by atoms with Crippen molar-refractivity contribution >= 4 is 34.8 Å². The maximum atomic E-state index is 11.6. The third-order valence-electron chi connectivity index (χ3n) is 2.83. The number of fused-ring (bicyclic) bond motifs is 1. The highest BCUT2D eigenvalue weighted by molar-refractivity contribution is 6.00. The van der Waals surface area contributed by atoms with E-state index < -0.39 is 17.7 Å². The second kappa shape index (κ2) is 5.62. The molecule has 0 saturated carbocycles. The number of carboxylic acids is 1. The van der Waals surface area contributed by atoms with Gasteiger partial charge in [-0.1, -0.05) is 18.2 Å². The summed E-state index contributed by atoms with van der Waals surface area (Å²) in [7, 11) is 0. The number of hydrogen-bond acceptors (Lipinski definition) is 4. The number of carbonyl (C=O) groups excluding carboxylic acids is 2. The first-order chi connectivity index (χ1) is 9.90. The van der Waals surface area contributed by atoms with Gasteiger partial charge in [-0.3, -0.25) is 14.2 Å². The van der Waals surface area contributed by atoms with Gasteiger partial charge in [-0.05, 0) is 12.1 Å². The van der Waals surface area contributed by atoms with Gasteiger partial charge < -0.3 is 9.84 Å². The number of benzene rings is 1. The molecule has 2 aromatic rings. The van der Waals surface area contributed by atoms with E-state index in [1.165, 1.54) is 23.8 Å². The summed E-state index contributed by atoms with van der Waals surface area (Å²) >= 11 is 0. The zero-order valence-corrected chi connectivity index (χ0v) is 11.5. The predicted octanol–water partition coefficient (Wildman–Crippen LogP) is 2.29. The van der Waals surface area contributed by atoms with Crippen LogP contribution in [-0.4, -0.2) is 27.5 Å². The average Bonchev–Trinajstić information content (AvgIpc) is 2.77. The SMILES string of the molecule is CC(=O)O/C(=C\c1cn(C(C)=O)c2ccccc12)C(=O)O. The molecule has 1 aromatic carbocycles. The average molecular weight is 287 g/mol. The summed E-state index contributed by atoms with van der Waals surface area (Å²) in [5, 5.41) is 9.75. The van der Waals surface area contributed by atoms with E-state index in [4.69, 9.17) is 5.11 Å². The van der Waals surface area contributed by atoms with E-state index >= 15 is 0 Å². The lowest BCUT2D eigenvalue weighted by atomic mass is 10.1. The molecule has 6 nitrogen and oxygen atoms in total. The van der Waals surface area contributed by atoms with E-state index in [1.54, 1.807) is 24.3 Å². The van der Waals surface area contributed by atoms with Crippen molar-refractivity contribution in [2.24, 2.45) is 0 Å². The number of aromatic nitrogens is 1. The van der Waals surface area contributed by atoms with Crippen LogP contribution in [0.1, 0.15) is 24.2 Å². The van der Waals surface area contributed by atoms with Crippen molar-refractivity contribution in [3.05, 3.63) is 41.8 Å². The van der Waals surface area contributed by atoms with Gasteiger partial charge in [-0.2, -0.15) is 0 Å². The summed E-state index contributed by atoms with van der Waals surface area (Å²) in [4.78, 5) is 33.6. The molecular formula is C15H13NO5. The summed E-state index contributed by atoms with van der Waals surface area (Å²) in [6, 6.07) is 7.06. The normalized spacial score (nSPS) is 11.4. The molecule has 0 aliphatic heterocycles. The third-order valence-corrected chi connectivity index (χ3v) is 2.83. The largest absolute Gasteiger partial charge is 0.475 e. The second-order valence-corrected chi connectivity index (χ2v) is 4.40. The number of para-hydroxylation sites is 1. The van der Waals surface area contributed by atoms with Gasteiger partial charge in [-0.25, -0.2) is 4.79 Å². The molecule has 1 heterocycles. The zero-order chi connectivity index (χ0) is 15.6. The number of esters is 1. The number of ether oxygens (including phenoxy) is 1. The Morgan fingerprint density at radius 3 is 2.43 bits per heavy atom. The highest BCUT2D eigenvalue weighted by Crippen LogP contribution is 2.23. The van der Waals surface area contributed by atoms with Crippen LogP contribution < -0.4 is 0 Å². The summed E-state index contributed by atoms with van der Waals surface area (Å²) < 4.78 is 6.07. The van der Waals surface area contributed by atoms with Crippen LogP contribution in [0.25, 0.3) is 17.0 Å².